The summed E-state index contributed by atoms with van der Waals surface area (Å²) in [4.78, 5) is 20.1. The first-order valence-electron chi connectivity index (χ1n) is 9.82. The number of amidine groups is 1. The van der Waals surface area contributed by atoms with Gasteiger partial charge in [-0.1, -0.05) is 60.7 Å². The summed E-state index contributed by atoms with van der Waals surface area (Å²) in [6.45, 7) is 3.96. The quantitative estimate of drug-likeness (QED) is 0.888. The first-order valence-corrected chi connectivity index (χ1v) is 9.82. The molecule has 0 bridgehead atoms. The number of nitrogens with zero attached hydrogens (tertiary/aromatic N) is 2. The minimum atomic E-state index is -0.790. The molecule has 1 fully saturated rings. The van der Waals surface area contributed by atoms with Crippen LogP contribution in [0.3, 0.4) is 0 Å². The molecule has 0 unspecified atom stereocenters. The summed E-state index contributed by atoms with van der Waals surface area (Å²) >= 11 is 0. The van der Waals surface area contributed by atoms with Gasteiger partial charge in [0, 0.05) is 12.6 Å². The van der Waals surface area contributed by atoms with E-state index in [9.17, 15) is 4.79 Å². The van der Waals surface area contributed by atoms with Gasteiger partial charge in [0.05, 0.1) is 12.4 Å². The predicted octanol–water partition coefficient (Wildman–Crippen LogP) is 3.36. The highest BCUT2D eigenvalue weighted by molar-refractivity contribution is 5.91. The molecule has 0 spiro atoms. The second kappa shape index (κ2) is 7.18. The van der Waals surface area contributed by atoms with Crippen LogP contribution < -0.4 is 5.73 Å². The van der Waals surface area contributed by atoms with Gasteiger partial charge in [-0.25, -0.2) is 0 Å². The molecule has 4 rings (SSSR count). The van der Waals surface area contributed by atoms with Crippen LogP contribution in [0.4, 0.5) is 0 Å². The summed E-state index contributed by atoms with van der Waals surface area (Å²) in [5.74, 6) is 1.06. The standard InChI is InChI=1S/C23H27N3O/c1-17-25-14-15-26(17)21-13-12-20(16-21)23(22(24)27,18-8-4-2-5-9-18)19-10-6-3-7-11-19/h2-11,20-21H,12-16H2,1H3,(H2,24,27)/t20-,21-/m1/s1. The van der Waals surface area contributed by atoms with Crippen LogP contribution >= 0.6 is 0 Å². The van der Waals surface area contributed by atoms with E-state index < -0.39 is 5.41 Å². The third kappa shape index (κ3) is 2.93. The normalized spacial score (nSPS) is 22.7. The van der Waals surface area contributed by atoms with E-state index in [0.717, 1.165) is 49.3 Å². The van der Waals surface area contributed by atoms with Gasteiger partial charge in [0.25, 0.3) is 0 Å². The van der Waals surface area contributed by atoms with E-state index in [1.165, 1.54) is 0 Å². The van der Waals surface area contributed by atoms with Crippen LogP contribution in [0.25, 0.3) is 0 Å². The Morgan fingerprint density at radius 2 is 1.63 bits per heavy atom. The molecule has 0 saturated heterocycles. The fourth-order valence-electron chi connectivity index (χ4n) is 5.18. The minimum Gasteiger partial charge on any atom is -0.369 e. The van der Waals surface area contributed by atoms with E-state index in [4.69, 9.17) is 5.73 Å². The van der Waals surface area contributed by atoms with E-state index in [0.29, 0.717) is 6.04 Å². The summed E-state index contributed by atoms with van der Waals surface area (Å²) in [5.41, 5.74) is 7.38. The Kier molecular flexibility index (Phi) is 4.73. The maximum absolute atomic E-state index is 13.1. The first-order chi connectivity index (χ1) is 13.1. The van der Waals surface area contributed by atoms with Crippen molar-refractivity contribution in [1.82, 2.24) is 4.90 Å². The van der Waals surface area contributed by atoms with Crippen molar-refractivity contribution in [3.05, 3.63) is 71.8 Å². The van der Waals surface area contributed by atoms with Crippen molar-refractivity contribution < 1.29 is 4.79 Å². The Labute approximate surface area is 161 Å². The zero-order valence-corrected chi connectivity index (χ0v) is 15.8. The predicted molar refractivity (Wildman–Crippen MR) is 109 cm³/mol. The van der Waals surface area contributed by atoms with Gasteiger partial charge in [0.2, 0.25) is 5.91 Å². The molecule has 4 heteroatoms. The smallest absolute Gasteiger partial charge is 0.232 e. The van der Waals surface area contributed by atoms with Gasteiger partial charge in [0.15, 0.2) is 0 Å². The van der Waals surface area contributed by atoms with Crippen LogP contribution in [-0.2, 0) is 10.2 Å². The van der Waals surface area contributed by atoms with Gasteiger partial charge in [-0.05, 0) is 43.2 Å². The number of primary amides is 1. The molecule has 1 aliphatic heterocycles. The molecule has 140 valence electrons. The number of rotatable bonds is 5. The molecule has 0 radical (unpaired) electrons. The Bertz CT molecular complexity index is 792. The number of carbonyl (C=O) groups excluding carboxylic acids is 1. The number of carbonyl (C=O) groups is 1. The largest absolute Gasteiger partial charge is 0.369 e. The summed E-state index contributed by atoms with van der Waals surface area (Å²) in [5, 5.41) is 0. The third-order valence-corrected chi connectivity index (χ3v) is 6.40. The van der Waals surface area contributed by atoms with Gasteiger partial charge in [-0.3, -0.25) is 9.79 Å². The number of aliphatic imine (C=N–C) groups is 1. The van der Waals surface area contributed by atoms with E-state index >= 15 is 0 Å². The maximum atomic E-state index is 13.1. The molecular formula is C23H27N3O. The topological polar surface area (TPSA) is 58.7 Å². The van der Waals surface area contributed by atoms with Gasteiger partial charge < -0.3 is 10.6 Å². The average molecular weight is 361 g/mol. The van der Waals surface area contributed by atoms with Crippen LogP contribution in [0.2, 0.25) is 0 Å². The highest BCUT2D eigenvalue weighted by Crippen LogP contribution is 2.48. The number of hydrogen-bond donors (Lipinski definition) is 1. The monoisotopic (exact) mass is 361 g/mol. The molecule has 4 nitrogen and oxygen atoms in total. The molecule has 27 heavy (non-hydrogen) atoms. The van der Waals surface area contributed by atoms with E-state index in [1.807, 2.05) is 60.7 Å². The Balaban J connectivity index is 1.77. The van der Waals surface area contributed by atoms with Crippen LogP contribution in [0, 0.1) is 5.92 Å². The van der Waals surface area contributed by atoms with Crippen molar-refractivity contribution in [1.29, 1.82) is 0 Å². The zero-order valence-electron chi connectivity index (χ0n) is 15.8. The van der Waals surface area contributed by atoms with Crippen molar-refractivity contribution in [3.8, 4) is 0 Å². The SMILES string of the molecule is CC1=NCCN1[C@@H]1CC[C@@H](C(C(N)=O)(c2ccccc2)c2ccccc2)C1. The summed E-state index contributed by atoms with van der Waals surface area (Å²) < 4.78 is 0. The molecule has 1 heterocycles. The fourth-order valence-corrected chi connectivity index (χ4v) is 5.18. The second-order valence-corrected chi connectivity index (χ2v) is 7.69. The van der Waals surface area contributed by atoms with E-state index in [1.54, 1.807) is 0 Å². The van der Waals surface area contributed by atoms with Crippen molar-refractivity contribution in [2.45, 2.75) is 37.6 Å². The Hall–Kier alpha value is -2.62. The lowest BCUT2D eigenvalue weighted by Crippen LogP contribution is -2.48. The molecule has 2 N–H and O–H groups in total. The van der Waals surface area contributed by atoms with Gasteiger partial charge >= 0.3 is 0 Å². The second-order valence-electron chi connectivity index (χ2n) is 7.69. The fraction of sp³-hybridized carbons (Fsp3) is 0.391. The third-order valence-electron chi connectivity index (χ3n) is 6.40. The molecule has 2 aliphatic rings. The highest BCUT2D eigenvalue weighted by atomic mass is 16.1. The van der Waals surface area contributed by atoms with Crippen molar-refractivity contribution >= 4 is 11.7 Å². The lowest BCUT2D eigenvalue weighted by Gasteiger charge is -2.38. The number of amides is 1. The number of nitrogens with two attached hydrogens (primary N) is 1. The molecule has 1 amide bonds. The lowest BCUT2D eigenvalue weighted by atomic mass is 9.64. The van der Waals surface area contributed by atoms with Crippen molar-refractivity contribution in [2.24, 2.45) is 16.6 Å². The molecule has 2 atom stereocenters. The molecule has 2 aromatic carbocycles. The van der Waals surface area contributed by atoms with Crippen LogP contribution in [0.1, 0.15) is 37.3 Å². The van der Waals surface area contributed by atoms with E-state index in [-0.39, 0.29) is 11.8 Å². The lowest BCUT2D eigenvalue weighted by molar-refractivity contribution is -0.123. The Morgan fingerprint density at radius 3 is 2.11 bits per heavy atom. The van der Waals surface area contributed by atoms with Gasteiger partial charge in [-0.2, -0.15) is 0 Å². The van der Waals surface area contributed by atoms with Gasteiger partial charge in [0.1, 0.15) is 5.41 Å². The molecule has 0 aromatic heterocycles. The molecular weight excluding hydrogens is 334 g/mol. The zero-order chi connectivity index (χ0) is 18.9. The van der Waals surface area contributed by atoms with Crippen molar-refractivity contribution in [2.75, 3.05) is 13.1 Å². The average Bonchev–Trinajstić information content (AvgIpc) is 3.33. The summed E-state index contributed by atoms with van der Waals surface area (Å²) in [7, 11) is 0. The summed E-state index contributed by atoms with van der Waals surface area (Å²) in [6, 6.07) is 20.6. The highest BCUT2D eigenvalue weighted by Gasteiger charge is 2.50. The Morgan fingerprint density at radius 1 is 1.04 bits per heavy atom. The van der Waals surface area contributed by atoms with Crippen molar-refractivity contribution in [3.63, 3.8) is 0 Å². The van der Waals surface area contributed by atoms with E-state index in [2.05, 4.69) is 16.8 Å². The molecule has 2 aromatic rings. The summed E-state index contributed by atoms with van der Waals surface area (Å²) in [6.07, 6.45) is 3.02. The molecule has 1 saturated carbocycles. The maximum Gasteiger partial charge on any atom is 0.232 e. The van der Waals surface area contributed by atoms with Crippen LogP contribution in [0.15, 0.2) is 65.7 Å². The van der Waals surface area contributed by atoms with Crippen LogP contribution in [0.5, 0.6) is 0 Å². The first kappa shape index (κ1) is 17.8. The van der Waals surface area contributed by atoms with Gasteiger partial charge in [-0.15, -0.1) is 0 Å². The minimum absolute atomic E-state index is 0.179. The van der Waals surface area contributed by atoms with Crippen LogP contribution in [-0.4, -0.2) is 35.8 Å². The molecule has 1 aliphatic carbocycles. The number of hydrogen-bond acceptors (Lipinski definition) is 3. The number of benzene rings is 2.